The van der Waals surface area contributed by atoms with E-state index in [4.69, 9.17) is 4.84 Å². The molecule has 0 aromatic carbocycles. The molecule has 1 aliphatic rings. The van der Waals surface area contributed by atoms with Crippen LogP contribution in [0.1, 0.15) is 33.1 Å². The van der Waals surface area contributed by atoms with Gasteiger partial charge in [-0.2, -0.15) is 5.48 Å². The van der Waals surface area contributed by atoms with Crippen molar-refractivity contribution in [2.75, 3.05) is 0 Å². The summed E-state index contributed by atoms with van der Waals surface area (Å²) in [5.74, 6) is 0. The van der Waals surface area contributed by atoms with Crippen LogP contribution in [0.4, 0.5) is 0 Å². The van der Waals surface area contributed by atoms with Gasteiger partial charge in [-0.1, -0.05) is 0 Å². The molecule has 1 aliphatic carbocycles. The molecule has 0 heterocycles. The summed E-state index contributed by atoms with van der Waals surface area (Å²) in [6.07, 6.45) is 2.99. The van der Waals surface area contributed by atoms with Gasteiger partial charge in [-0.05, 0) is 33.1 Å². The minimum Gasteiger partial charge on any atom is -0.391 e. The number of hydrogen-bond donors (Lipinski definition) is 2. The molecule has 2 N–H and O–H groups in total. The van der Waals surface area contributed by atoms with Crippen LogP contribution in [0.5, 0.6) is 0 Å². The Bertz CT molecular complexity index is 117. The maximum Gasteiger partial charge on any atom is 0.0734 e. The van der Waals surface area contributed by atoms with Crippen LogP contribution in [-0.2, 0) is 4.84 Å². The van der Waals surface area contributed by atoms with Gasteiger partial charge in [0.25, 0.3) is 0 Å². The van der Waals surface area contributed by atoms with E-state index in [-0.39, 0.29) is 18.2 Å². The smallest absolute Gasteiger partial charge is 0.0734 e. The van der Waals surface area contributed by atoms with Crippen LogP contribution < -0.4 is 5.48 Å². The second-order valence-corrected chi connectivity index (χ2v) is 3.39. The molecule has 0 spiro atoms. The Morgan fingerprint density at radius 2 is 2.18 bits per heavy atom. The zero-order chi connectivity index (χ0) is 8.27. The summed E-state index contributed by atoms with van der Waals surface area (Å²) < 4.78 is 0. The molecule has 0 unspecified atom stereocenters. The molecule has 3 heteroatoms. The average Bonchev–Trinajstić information content (AvgIpc) is 2.31. The van der Waals surface area contributed by atoms with Crippen LogP contribution >= 0.6 is 0 Å². The van der Waals surface area contributed by atoms with Gasteiger partial charge in [0, 0.05) is 0 Å². The van der Waals surface area contributed by atoms with Gasteiger partial charge in [0.15, 0.2) is 0 Å². The number of nitrogens with one attached hydrogen (secondary N) is 1. The van der Waals surface area contributed by atoms with Crippen molar-refractivity contribution in [3.8, 4) is 0 Å². The van der Waals surface area contributed by atoms with Gasteiger partial charge in [-0.3, -0.25) is 4.84 Å². The van der Waals surface area contributed by atoms with Crippen molar-refractivity contribution in [1.82, 2.24) is 5.48 Å². The highest BCUT2D eigenvalue weighted by Crippen LogP contribution is 2.18. The van der Waals surface area contributed by atoms with E-state index >= 15 is 0 Å². The van der Waals surface area contributed by atoms with Gasteiger partial charge in [0.2, 0.25) is 0 Å². The summed E-state index contributed by atoms with van der Waals surface area (Å²) in [5, 5.41) is 9.36. The first-order valence-electron chi connectivity index (χ1n) is 4.29. The first-order valence-corrected chi connectivity index (χ1v) is 4.29. The fourth-order valence-corrected chi connectivity index (χ4v) is 1.30. The molecule has 1 rings (SSSR count). The summed E-state index contributed by atoms with van der Waals surface area (Å²) in [5.41, 5.74) is 2.88. The second-order valence-electron chi connectivity index (χ2n) is 3.39. The first kappa shape index (κ1) is 8.97. The lowest BCUT2D eigenvalue weighted by atomic mass is 10.2. The molecule has 3 nitrogen and oxygen atoms in total. The third-order valence-electron chi connectivity index (χ3n) is 1.93. The highest BCUT2D eigenvalue weighted by Gasteiger charge is 2.25. The lowest BCUT2D eigenvalue weighted by molar-refractivity contribution is -0.0463. The molecular weight excluding hydrogens is 142 g/mol. The molecule has 0 aliphatic heterocycles. The predicted octanol–water partition coefficient (Wildman–Crippen LogP) is 0.829. The Labute approximate surface area is 67.7 Å². The van der Waals surface area contributed by atoms with Crippen LogP contribution in [0.2, 0.25) is 0 Å². The highest BCUT2D eigenvalue weighted by atomic mass is 16.7. The van der Waals surface area contributed by atoms with E-state index in [1.54, 1.807) is 0 Å². The van der Waals surface area contributed by atoms with E-state index in [1.165, 1.54) is 0 Å². The van der Waals surface area contributed by atoms with Crippen LogP contribution in [0.25, 0.3) is 0 Å². The zero-order valence-electron chi connectivity index (χ0n) is 7.21. The van der Waals surface area contributed by atoms with Gasteiger partial charge >= 0.3 is 0 Å². The number of hydrogen-bond acceptors (Lipinski definition) is 3. The fraction of sp³-hybridized carbons (Fsp3) is 1.00. The average molecular weight is 159 g/mol. The molecule has 66 valence electrons. The molecule has 1 fully saturated rings. The predicted molar refractivity (Wildman–Crippen MR) is 43.0 cm³/mol. The maximum absolute atomic E-state index is 9.36. The lowest BCUT2D eigenvalue weighted by Gasteiger charge is -2.17. The fourth-order valence-electron chi connectivity index (χ4n) is 1.30. The normalized spacial score (nSPS) is 31.6. The minimum absolute atomic E-state index is 0.150. The van der Waals surface area contributed by atoms with Gasteiger partial charge in [-0.15, -0.1) is 0 Å². The van der Waals surface area contributed by atoms with Crippen molar-refractivity contribution < 1.29 is 9.94 Å². The van der Waals surface area contributed by atoms with Crippen molar-refractivity contribution in [3.05, 3.63) is 0 Å². The monoisotopic (exact) mass is 159 g/mol. The van der Waals surface area contributed by atoms with Crippen LogP contribution in [0.15, 0.2) is 0 Å². The molecule has 0 aromatic heterocycles. The van der Waals surface area contributed by atoms with Crippen molar-refractivity contribution in [1.29, 1.82) is 0 Å². The van der Waals surface area contributed by atoms with E-state index in [9.17, 15) is 5.11 Å². The Balaban J connectivity index is 2.15. The second kappa shape index (κ2) is 4.04. The molecule has 1 saturated carbocycles. The molecule has 2 atom stereocenters. The third kappa shape index (κ3) is 2.77. The molecule has 0 bridgehead atoms. The molecule has 11 heavy (non-hydrogen) atoms. The largest absolute Gasteiger partial charge is 0.391 e. The quantitative estimate of drug-likeness (QED) is 0.599. The summed E-state index contributed by atoms with van der Waals surface area (Å²) in [6.45, 7) is 3.93. The summed E-state index contributed by atoms with van der Waals surface area (Å²) in [7, 11) is 0. The van der Waals surface area contributed by atoms with Gasteiger partial charge in [0.05, 0.1) is 18.2 Å². The molecular formula is C8H17NO2. The maximum atomic E-state index is 9.36. The van der Waals surface area contributed by atoms with Crippen molar-refractivity contribution >= 4 is 0 Å². The van der Waals surface area contributed by atoms with Crippen LogP contribution in [0.3, 0.4) is 0 Å². The van der Waals surface area contributed by atoms with E-state index in [2.05, 4.69) is 5.48 Å². The number of rotatable bonds is 3. The van der Waals surface area contributed by atoms with Crippen molar-refractivity contribution in [2.24, 2.45) is 0 Å². The van der Waals surface area contributed by atoms with E-state index < -0.39 is 0 Å². The topological polar surface area (TPSA) is 41.5 Å². The molecule has 0 saturated heterocycles. The highest BCUT2D eigenvalue weighted by molar-refractivity contribution is 4.79. The van der Waals surface area contributed by atoms with Crippen LogP contribution in [-0.4, -0.2) is 23.4 Å². The van der Waals surface area contributed by atoms with Crippen LogP contribution in [0, 0.1) is 0 Å². The Kier molecular flexibility index (Phi) is 3.30. The Morgan fingerprint density at radius 3 is 2.64 bits per heavy atom. The van der Waals surface area contributed by atoms with E-state index in [0.717, 1.165) is 19.3 Å². The molecule has 0 aromatic rings. The van der Waals surface area contributed by atoms with Gasteiger partial charge < -0.3 is 5.11 Å². The molecule has 0 amide bonds. The summed E-state index contributed by atoms with van der Waals surface area (Å²) >= 11 is 0. The third-order valence-corrected chi connectivity index (χ3v) is 1.93. The lowest BCUT2D eigenvalue weighted by Crippen LogP contribution is -2.37. The van der Waals surface area contributed by atoms with E-state index in [1.807, 2.05) is 13.8 Å². The SMILES string of the molecule is CC(C)ON[C@@H]1CCC[C@H]1O. The van der Waals surface area contributed by atoms with Gasteiger partial charge in [-0.25, -0.2) is 0 Å². The molecule has 0 radical (unpaired) electrons. The number of hydroxylamine groups is 1. The standard InChI is InChI=1S/C8H17NO2/c1-6(2)11-9-7-4-3-5-8(7)10/h6-10H,3-5H2,1-2H3/t7-,8-/m1/s1. The number of aliphatic hydroxyl groups is 1. The number of aliphatic hydroxyl groups excluding tert-OH is 1. The summed E-state index contributed by atoms with van der Waals surface area (Å²) in [6, 6.07) is 0.150. The first-order chi connectivity index (χ1) is 5.20. The zero-order valence-corrected chi connectivity index (χ0v) is 7.21. The van der Waals surface area contributed by atoms with Crippen molar-refractivity contribution in [3.63, 3.8) is 0 Å². The van der Waals surface area contributed by atoms with E-state index in [0.29, 0.717) is 0 Å². The Hall–Kier alpha value is -0.120. The van der Waals surface area contributed by atoms with Crippen molar-refractivity contribution in [2.45, 2.75) is 51.4 Å². The minimum atomic E-state index is -0.214. The summed E-state index contributed by atoms with van der Waals surface area (Å²) in [4.78, 5) is 5.19. The Morgan fingerprint density at radius 1 is 1.45 bits per heavy atom. The van der Waals surface area contributed by atoms with Gasteiger partial charge in [0.1, 0.15) is 0 Å².